The molecule has 0 atom stereocenters. The Balaban J connectivity index is 2.13. The monoisotopic (exact) mass is 162 g/mol. The van der Waals surface area contributed by atoms with Crippen LogP contribution in [0.25, 0.3) is 0 Å². The maximum atomic E-state index is 5.29. The minimum Gasteiger partial charge on any atom is -0.381 e. The van der Waals surface area contributed by atoms with Gasteiger partial charge in [-0.15, -0.1) is 0 Å². The molecule has 0 aliphatic carbocycles. The lowest BCUT2D eigenvalue weighted by molar-refractivity contribution is 0.0727. The second kappa shape index (κ2) is 4.24. The molecule has 0 bridgehead atoms. The van der Waals surface area contributed by atoms with Gasteiger partial charge >= 0.3 is 0 Å². The topological polar surface area (TPSA) is 9.23 Å². The van der Waals surface area contributed by atoms with Gasteiger partial charge in [0, 0.05) is 13.2 Å². The van der Waals surface area contributed by atoms with Crippen molar-refractivity contribution in [2.45, 2.75) is 12.8 Å². The van der Waals surface area contributed by atoms with E-state index >= 15 is 0 Å². The third-order valence-corrected chi connectivity index (χ3v) is 3.21. The van der Waals surface area contributed by atoms with Gasteiger partial charge in [0.15, 0.2) is 0 Å². The summed E-state index contributed by atoms with van der Waals surface area (Å²) in [6, 6.07) is 0. The summed E-state index contributed by atoms with van der Waals surface area (Å²) in [5.74, 6) is 2.44. The largest absolute Gasteiger partial charge is 0.381 e. The Morgan fingerprint density at radius 3 is 2.40 bits per heavy atom. The first-order valence-electron chi connectivity index (χ1n) is 4.01. The molecule has 0 aromatic carbocycles. The fourth-order valence-corrected chi connectivity index (χ4v) is 2.84. The molecule has 62 valence electrons. The van der Waals surface area contributed by atoms with Crippen LogP contribution < -0.4 is 0 Å². The van der Waals surface area contributed by atoms with E-state index in [0.29, 0.717) is 10.9 Å². The van der Waals surface area contributed by atoms with Crippen molar-refractivity contribution in [2.24, 2.45) is 5.92 Å². The van der Waals surface area contributed by atoms with Crippen LogP contribution in [-0.4, -0.2) is 31.5 Å². The van der Waals surface area contributed by atoms with Crippen molar-refractivity contribution >= 4 is 10.9 Å². The van der Waals surface area contributed by atoms with Gasteiger partial charge in [-0.25, -0.2) is 0 Å². The molecule has 1 aliphatic heterocycles. The first-order valence-corrected chi connectivity index (χ1v) is 6.43. The first kappa shape index (κ1) is 8.41. The van der Waals surface area contributed by atoms with Crippen molar-refractivity contribution < 1.29 is 4.74 Å². The molecular formula is C8H18OS. The Hall–Kier alpha value is 0.310. The lowest BCUT2D eigenvalue weighted by atomic mass is 10.0. The van der Waals surface area contributed by atoms with Crippen LogP contribution in [0.15, 0.2) is 0 Å². The number of hydrogen-bond acceptors (Lipinski definition) is 1. The highest BCUT2D eigenvalue weighted by atomic mass is 32.2. The van der Waals surface area contributed by atoms with Crippen LogP contribution in [0.5, 0.6) is 0 Å². The predicted octanol–water partition coefficient (Wildman–Crippen LogP) is 1.67. The fourth-order valence-electron chi connectivity index (χ4n) is 1.45. The van der Waals surface area contributed by atoms with Crippen LogP contribution in [0, 0.1) is 5.92 Å². The quantitative estimate of drug-likeness (QED) is 0.608. The van der Waals surface area contributed by atoms with Crippen LogP contribution in [0.1, 0.15) is 12.8 Å². The Morgan fingerprint density at radius 2 is 1.90 bits per heavy atom. The van der Waals surface area contributed by atoms with Crippen LogP contribution in [-0.2, 0) is 4.74 Å². The molecule has 2 heteroatoms. The average Bonchev–Trinajstić information content (AvgIpc) is 1.88. The minimum atomic E-state index is 0.321. The normalized spacial score (nSPS) is 22.8. The van der Waals surface area contributed by atoms with Crippen LogP contribution in [0.2, 0.25) is 0 Å². The average molecular weight is 162 g/mol. The summed E-state index contributed by atoms with van der Waals surface area (Å²) in [6.45, 7) is 2.02. The van der Waals surface area contributed by atoms with Crippen LogP contribution in [0.4, 0.5) is 0 Å². The van der Waals surface area contributed by atoms with Crippen molar-refractivity contribution in [2.75, 3.05) is 31.5 Å². The molecule has 0 aromatic rings. The molecule has 0 N–H and O–H groups in total. The van der Waals surface area contributed by atoms with Gasteiger partial charge in [-0.1, -0.05) is 0 Å². The van der Waals surface area contributed by atoms with Crippen molar-refractivity contribution in [3.8, 4) is 0 Å². The number of thiol groups is 1. The number of ether oxygens (including phenoxy) is 1. The summed E-state index contributed by atoms with van der Waals surface area (Å²) < 4.78 is 5.29. The third-order valence-electron chi connectivity index (χ3n) is 1.96. The smallest absolute Gasteiger partial charge is 0.0468 e. The molecule has 1 rings (SSSR count). The zero-order chi connectivity index (χ0) is 7.40. The molecule has 1 aliphatic rings. The Labute approximate surface area is 66.5 Å². The molecule has 0 amide bonds. The van der Waals surface area contributed by atoms with E-state index in [1.54, 1.807) is 0 Å². The van der Waals surface area contributed by atoms with Gasteiger partial charge in [-0.3, -0.25) is 10.9 Å². The summed E-state index contributed by atoms with van der Waals surface area (Å²) in [4.78, 5) is 0. The fraction of sp³-hybridized carbons (Fsp3) is 1.00. The highest BCUT2D eigenvalue weighted by Crippen LogP contribution is 2.25. The van der Waals surface area contributed by atoms with E-state index in [4.69, 9.17) is 4.74 Å². The van der Waals surface area contributed by atoms with Crippen molar-refractivity contribution in [3.63, 3.8) is 0 Å². The molecule has 0 radical (unpaired) electrons. The molecule has 1 heterocycles. The zero-order valence-corrected chi connectivity index (χ0v) is 7.86. The summed E-state index contributed by atoms with van der Waals surface area (Å²) in [5, 5.41) is 0. The molecule has 1 fully saturated rings. The van der Waals surface area contributed by atoms with Crippen LogP contribution >= 0.6 is 10.9 Å². The second-order valence-corrected chi connectivity index (χ2v) is 5.84. The van der Waals surface area contributed by atoms with E-state index < -0.39 is 0 Å². The third kappa shape index (κ3) is 2.93. The first-order chi connectivity index (χ1) is 4.79. The Bertz CT molecular complexity index is 87.3. The van der Waals surface area contributed by atoms with Crippen LogP contribution in [0.3, 0.4) is 0 Å². The number of hydrogen-bond donors (Lipinski definition) is 1. The van der Waals surface area contributed by atoms with Gasteiger partial charge in [-0.05, 0) is 37.0 Å². The number of rotatable bonds is 2. The van der Waals surface area contributed by atoms with Gasteiger partial charge in [0.1, 0.15) is 0 Å². The molecule has 1 nitrogen and oxygen atoms in total. The lowest BCUT2D eigenvalue weighted by Gasteiger charge is -2.24. The molecule has 0 unspecified atom stereocenters. The van der Waals surface area contributed by atoms with E-state index in [-0.39, 0.29) is 0 Å². The van der Waals surface area contributed by atoms with E-state index in [1.165, 1.54) is 18.6 Å². The maximum Gasteiger partial charge on any atom is 0.0468 e. The molecule has 0 spiro atoms. The SMILES string of the molecule is C[SH](C)CC1CCOCC1. The highest BCUT2D eigenvalue weighted by molar-refractivity contribution is 8.15. The lowest BCUT2D eigenvalue weighted by Crippen LogP contribution is -2.18. The summed E-state index contributed by atoms with van der Waals surface area (Å²) in [7, 11) is 0.321. The highest BCUT2D eigenvalue weighted by Gasteiger charge is 2.13. The van der Waals surface area contributed by atoms with Gasteiger partial charge in [0.05, 0.1) is 0 Å². The molecule has 1 saturated heterocycles. The van der Waals surface area contributed by atoms with E-state index in [9.17, 15) is 0 Å². The van der Waals surface area contributed by atoms with Gasteiger partial charge < -0.3 is 4.74 Å². The molecular weight excluding hydrogens is 144 g/mol. The maximum absolute atomic E-state index is 5.29. The second-order valence-electron chi connectivity index (χ2n) is 3.32. The summed E-state index contributed by atoms with van der Waals surface area (Å²) >= 11 is 0. The van der Waals surface area contributed by atoms with Gasteiger partial charge in [0.2, 0.25) is 0 Å². The Morgan fingerprint density at radius 1 is 1.30 bits per heavy atom. The van der Waals surface area contributed by atoms with Crippen molar-refractivity contribution in [3.05, 3.63) is 0 Å². The van der Waals surface area contributed by atoms with Crippen molar-refractivity contribution in [1.82, 2.24) is 0 Å². The van der Waals surface area contributed by atoms with Gasteiger partial charge in [0.25, 0.3) is 0 Å². The van der Waals surface area contributed by atoms with E-state index in [2.05, 4.69) is 12.5 Å². The van der Waals surface area contributed by atoms with Gasteiger partial charge in [-0.2, -0.15) is 0 Å². The van der Waals surface area contributed by atoms with E-state index in [1.807, 2.05) is 0 Å². The van der Waals surface area contributed by atoms with E-state index in [0.717, 1.165) is 19.1 Å². The predicted molar refractivity (Wildman–Crippen MR) is 49.2 cm³/mol. The Kier molecular flexibility index (Phi) is 3.57. The van der Waals surface area contributed by atoms with Crippen molar-refractivity contribution in [1.29, 1.82) is 0 Å². The molecule has 10 heavy (non-hydrogen) atoms. The molecule has 0 aromatic heterocycles. The standard InChI is InChI=1S/C8H18OS/c1-10(2)7-8-3-5-9-6-4-8/h8,10H,3-7H2,1-2H3. The molecule has 0 saturated carbocycles. The minimum absolute atomic E-state index is 0.321. The zero-order valence-electron chi connectivity index (χ0n) is 6.97. The summed E-state index contributed by atoms with van der Waals surface area (Å²) in [6.07, 6.45) is 7.34. The summed E-state index contributed by atoms with van der Waals surface area (Å²) in [5.41, 5.74) is 0.